The standard InChI is InChI=1S/C18H23BrFN5O.HI/c1-2-21-18(22-12-14-11-15(20)3-4-17(14)19)25-8-6-24(7-9-25)13-16-5-10-26-23-16;/h3-5,10-11H,2,6-9,12-13H2,1H3,(H,21,22);1H. The second kappa shape index (κ2) is 11.0. The van der Waals surface area contributed by atoms with Crippen molar-refractivity contribution in [3.05, 3.63) is 52.1 Å². The van der Waals surface area contributed by atoms with Crippen LogP contribution in [0.25, 0.3) is 0 Å². The van der Waals surface area contributed by atoms with E-state index in [1.54, 1.807) is 12.3 Å². The van der Waals surface area contributed by atoms with E-state index < -0.39 is 0 Å². The zero-order chi connectivity index (χ0) is 18.4. The number of rotatable bonds is 5. The largest absolute Gasteiger partial charge is 0.364 e. The van der Waals surface area contributed by atoms with E-state index in [1.165, 1.54) is 12.1 Å². The molecule has 2 aromatic rings. The van der Waals surface area contributed by atoms with Crippen LogP contribution in [0.3, 0.4) is 0 Å². The summed E-state index contributed by atoms with van der Waals surface area (Å²) >= 11 is 3.46. The van der Waals surface area contributed by atoms with Crippen molar-refractivity contribution >= 4 is 45.9 Å². The molecule has 1 aromatic carbocycles. The fourth-order valence-corrected chi connectivity index (χ4v) is 3.29. The second-order valence-electron chi connectivity index (χ2n) is 6.16. The van der Waals surface area contributed by atoms with Crippen LogP contribution < -0.4 is 5.32 Å². The van der Waals surface area contributed by atoms with Crippen LogP contribution in [0.1, 0.15) is 18.2 Å². The molecule has 0 radical (unpaired) electrons. The van der Waals surface area contributed by atoms with Gasteiger partial charge in [-0.3, -0.25) is 4.90 Å². The number of hydrogen-bond acceptors (Lipinski definition) is 4. The van der Waals surface area contributed by atoms with Crippen molar-refractivity contribution in [3.63, 3.8) is 0 Å². The molecule has 2 heterocycles. The average Bonchev–Trinajstić information content (AvgIpc) is 3.15. The van der Waals surface area contributed by atoms with Crippen molar-refractivity contribution in [3.8, 4) is 0 Å². The third kappa shape index (κ3) is 6.42. The lowest BCUT2D eigenvalue weighted by atomic mass is 10.2. The van der Waals surface area contributed by atoms with Gasteiger partial charge >= 0.3 is 0 Å². The number of guanidine groups is 1. The highest BCUT2D eigenvalue weighted by molar-refractivity contribution is 14.0. The van der Waals surface area contributed by atoms with E-state index in [9.17, 15) is 4.39 Å². The van der Waals surface area contributed by atoms with Gasteiger partial charge in [0, 0.05) is 49.8 Å². The van der Waals surface area contributed by atoms with Crippen LogP contribution in [0.4, 0.5) is 4.39 Å². The Bertz CT molecular complexity index is 735. The van der Waals surface area contributed by atoms with Crippen molar-refractivity contribution in [1.82, 2.24) is 20.3 Å². The van der Waals surface area contributed by atoms with Crippen molar-refractivity contribution in [2.24, 2.45) is 4.99 Å². The minimum atomic E-state index is -0.245. The van der Waals surface area contributed by atoms with E-state index in [0.717, 1.165) is 61.0 Å². The Morgan fingerprint density at radius 2 is 2.07 bits per heavy atom. The summed E-state index contributed by atoms with van der Waals surface area (Å²) in [5.74, 6) is 0.620. The van der Waals surface area contributed by atoms with E-state index in [4.69, 9.17) is 9.52 Å². The molecule has 1 aliphatic heterocycles. The van der Waals surface area contributed by atoms with Gasteiger partial charge in [-0.05, 0) is 30.7 Å². The Labute approximate surface area is 184 Å². The summed E-state index contributed by atoms with van der Waals surface area (Å²) in [7, 11) is 0. The maximum atomic E-state index is 13.5. The quantitative estimate of drug-likeness (QED) is 0.350. The molecule has 27 heavy (non-hydrogen) atoms. The molecule has 1 N–H and O–H groups in total. The van der Waals surface area contributed by atoms with Gasteiger partial charge < -0.3 is 14.7 Å². The minimum absolute atomic E-state index is 0. The number of aliphatic imine (C=N–C) groups is 1. The van der Waals surface area contributed by atoms with Crippen LogP contribution in [0.15, 0.2) is 44.5 Å². The number of hydrogen-bond donors (Lipinski definition) is 1. The Morgan fingerprint density at radius 1 is 1.30 bits per heavy atom. The van der Waals surface area contributed by atoms with E-state index in [2.05, 4.69) is 43.1 Å². The fourth-order valence-electron chi connectivity index (χ4n) is 2.92. The zero-order valence-corrected chi connectivity index (χ0v) is 19.1. The van der Waals surface area contributed by atoms with Crippen molar-refractivity contribution < 1.29 is 8.91 Å². The Hall–Kier alpha value is -1.20. The minimum Gasteiger partial charge on any atom is -0.364 e. The van der Waals surface area contributed by atoms with E-state index in [0.29, 0.717) is 6.54 Å². The number of halogens is 3. The maximum absolute atomic E-state index is 13.5. The summed E-state index contributed by atoms with van der Waals surface area (Å²) in [6, 6.07) is 6.58. The Kier molecular flexibility index (Phi) is 8.97. The number of aromatic nitrogens is 1. The molecule has 0 unspecified atom stereocenters. The van der Waals surface area contributed by atoms with Gasteiger partial charge in [-0.2, -0.15) is 0 Å². The molecular weight excluding hydrogens is 528 g/mol. The molecule has 0 saturated carbocycles. The summed E-state index contributed by atoms with van der Waals surface area (Å²) in [6.45, 7) is 7.70. The molecule has 3 rings (SSSR count). The topological polar surface area (TPSA) is 56.9 Å². The summed E-state index contributed by atoms with van der Waals surface area (Å²) in [4.78, 5) is 9.29. The molecule has 1 saturated heterocycles. The Morgan fingerprint density at radius 3 is 2.74 bits per heavy atom. The summed E-state index contributed by atoms with van der Waals surface area (Å²) in [5.41, 5.74) is 1.79. The lowest BCUT2D eigenvalue weighted by Crippen LogP contribution is -2.52. The molecule has 0 atom stereocenters. The van der Waals surface area contributed by atoms with E-state index in [1.807, 2.05) is 6.07 Å². The number of nitrogens with one attached hydrogen (secondary N) is 1. The van der Waals surface area contributed by atoms with Gasteiger partial charge in [0.05, 0.1) is 12.2 Å². The third-order valence-electron chi connectivity index (χ3n) is 4.29. The predicted octanol–water partition coefficient (Wildman–Crippen LogP) is 3.48. The molecule has 148 valence electrons. The third-order valence-corrected chi connectivity index (χ3v) is 5.06. The lowest BCUT2D eigenvalue weighted by molar-refractivity contribution is 0.169. The molecular formula is C18H24BrFIN5O. The molecule has 0 amide bonds. The van der Waals surface area contributed by atoms with Gasteiger partial charge in [-0.25, -0.2) is 9.38 Å². The highest BCUT2D eigenvalue weighted by atomic mass is 127. The average molecular weight is 552 g/mol. The summed E-state index contributed by atoms with van der Waals surface area (Å²) in [5, 5.41) is 7.31. The van der Waals surface area contributed by atoms with Gasteiger partial charge in [-0.1, -0.05) is 21.1 Å². The molecule has 0 aliphatic carbocycles. The second-order valence-corrected chi connectivity index (χ2v) is 7.01. The first-order chi connectivity index (χ1) is 12.7. The van der Waals surface area contributed by atoms with Gasteiger partial charge in [0.15, 0.2) is 5.96 Å². The number of benzene rings is 1. The van der Waals surface area contributed by atoms with Crippen LogP contribution in [0, 0.1) is 5.82 Å². The summed E-state index contributed by atoms with van der Waals surface area (Å²) in [6.07, 6.45) is 1.60. The van der Waals surface area contributed by atoms with Crippen LogP contribution in [0.5, 0.6) is 0 Å². The highest BCUT2D eigenvalue weighted by Gasteiger charge is 2.20. The molecule has 6 nitrogen and oxygen atoms in total. The fraction of sp³-hybridized carbons (Fsp3) is 0.444. The number of nitrogens with zero attached hydrogens (tertiary/aromatic N) is 4. The molecule has 1 aromatic heterocycles. The van der Waals surface area contributed by atoms with Crippen LogP contribution in [-0.2, 0) is 13.1 Å². The molecule has 9 heteroatoms. The molecule has 1 aliphatic rings. The first kappa shape index (κ1) is 22.1. The zero-order valence-electron chi connectivity index (χ0n) is 15.2. The van der Waals surface area contributed by atoms with Gasteiger partial charge in [0.2, 0.25) is 0 Å². The van der Waals surface area contributed by atoms with Crippen molar-refractivity contribution in [2.75, 3.05) is 32.7 Å². The van der Waals surface area contributed by atoms with Gasteiger partial charge in [-0.15, -0.1) is 24.0 Å². The van der Waals surface area contributed by atoms with Crippen molar-refractivity contribution in [2.45, 2.75) is 20.0 Å². The Balaban J connectivity index is 0.00000261. The normalized spacial score (nSPS) is 15.5. The van der Waals surface area contributed by atoms with Gasteiger partial charge in [0.25, 0.3) is 0 Å². The monoisotopic (exact) mass is 551 g/mol. The highest BCUT2D eigenvalue weighted by Crippen LogP contribution is 2.19. The SMILES string of the molecule is CCNC(=NCc1cc(F)ccc1Br)N1CCN(Cc2ccon2)CC1.I. The van der Waals surface area contributed by atoms with Gasteiger partial charge in [0.1, 0.15) is 12.1 Å². The van der Waals surface area contributed by atoms with Crippen LogP contribution >= 0.6 is 39.9 Å². The number of piperazine rings is 1. The van der Waals surface area contributed by atoms with E-state index >= 15 is 0 Å². The van der Waals surface area contributed by atoms with Crippen LogP contribution in [0.2, 0.25) is 0 Å². The smallest absolute Gasteiger partial charge is 0.194 e. The summed E-state index contributed by atoms with van der Waals surface area (Å²) < 4.78 is 19.2. The maximum Gasteiger partial charge on any atom is 0.194 e. The molecule has 0 bridgehead atoms. The first-order valence-electron chi connectivity index (χ1n) is 8.74. The first-order valence-corrected chi connectivity index (χ1v) is 9.54. The van der Waals surface area contributed by atoms with E-state index in [-0.39, 0.29) is 29.8 Å². The molecule has 0 spiro atoms. The lowest BCUT2D eigenvalue weighted by Gasteiger charge is -2.36. The van der Waals surface area contributed by atoms with Crippen LogP contribution in [-0.4, -0.2) is 53.6 Å². The molecule has 1 fully saturated rings. The van der Waals surface area contributed by atoms with Crippen molar-refractivity contribution in [1.29, 1.82) is 0 Å². The predicted molar refractivity (Wildman–Crippen MR) is 118 cm³/mol.